The van der Waals surface area contributed by atoms with Crippen LogP contribution in [-0.4, -0.2) is 25.3 Å². The summed E-state index contributed by atoms with van der Waals surface area (Å²) in [4.78, 5) is 0. The van der Waals surface area contributed by atoms with E-state index in [9.17, 15) is 0 Å². The number of rotatable bonds is 6. The first-order chi connectivity index (χ1) is 8.85. The first-order valence-corrected chi connectivity index (χ1v) is 7.86. The Kier molecular flexibility index (Phi) is 5.71. The van der Waals surface area contributed by atoms with E-state index in [1.54, 1.807) is 0 Å². The summed E-state index contributed by atoms with van der Waals surface area (Å²) >= 11 is 0. The van der Waals surface area contributed by atoms with E-state index in [-0.39, 0.29) is 5.60 Å². The SMILES string of the molecule is CCCNCCC=CC1CCOC2(CCCC2)C1. The summed E-state index contributed by atoms with van der Waals surface area (Å²) in [6.45, 7) is 5.46. The molecule has 1 heterocycles. The highest BCUT2D eigenvalue weighted by molar-refractivity contribution is 4.98. The molecular weight excluding hydrogens is 222 g/mol. The summed E-state index contributed by atoms with van der Waals surface area (Å²) < 4.78 is 6.07. The van der Waals surface area contributed by atoms with Gasteiger partial charge in [-0.1, -0.05) is 31.9 Å². The zero-order valence-corrected chi connectivity index (χ0v) is 11.9. The Bertz CT molecular complexity index is 256. The summed E-state index contributed by atoms with van der Waals surface area (Å²) in [5.41, 5.74) is 0.272. The number of allylic oxidation sites excluding steroid dienone is 1. The predicted octanol–water partition coefficient (Wildman–Crippen LogP) is 3.67. The Morgan fingerprint density at radius 3 is 2.89 bits per heavy atom. The number of hydrogen-bond acceptors (Lipinski definition) is 2. The lowest BCUT2D eigenvalue weighted by molar-refractivity contribution is -0.0853. The zero-order valence-electron chi connectivity index (χ0n) is 11.9. The van der Waals surface area contributed by atoms with Crippen molar-refractivity contribution >= 4 is 0 Å². The molecule has 1 spiro atoms. The Hall–Kier alpha value is -0.340. The lowest BCUT2D eigenvalue weighted by atomic mass is 9.84. The molecule has 1 saturated heterocycles. The fourth-order valence-corrected chi connectivity index (χ4v) is 3.37. The first kappa shape index (κ1) is 14.1. The second-order valence-corrected chi connectivity index (χ2v) is 5.96. The summed E-state index contributed by atoms with van der Waals surface area (Å²) in [6.07, 6.45) is 15.1. The van der Waals surface area contributed by atoms with Crippen LogP contribution in [0.3, 0.4) is 0 Å². The largest absolute Gasteiger partial charge is 0.375 e. The highest BCUT2D eigenvalue weighted by Gasteiger charge is 2.38. The van der Waals surface area contributed by atoms with Gasteiger partial charge in [0.05, 0.1) is 5.60 Å². The quantitative estimate of drug-likeness (QED) is 0.574. The van der Waals surface area contributed by atoms with Gasteiger partial charge in [-0.25, -0.2) is 0 Å². The Morgan fingerprint density at radius 2 is 2.11 bits per heavy atom. The molecule has 1 unspecified atom stereocenters. The molecule has 1 atom stereocenters. The molecule has 2 fully saturated rings. The van der Waals surface area contributed by atoms with Crippen molar-refractivity contribution in [3.8, 4) is 0 Å². The maximum absolute atomic E-state index is 6.07. The Morgan fingerprint density at radius 1 is 1.28 bits per heavy atom. The maximum atomic E-state index is 6.07. The maximum Gasteiger partial charge on any atom is 0.0688 e. The standard InChI is InChI=1S/C16H29NO/c1-2-11-17-12-6-3-7-15-8-13-18-16(14-15)9-4-5-10-16/h3,7,15,17H,2,4-6,8-14H2,1H3. The van der Waals surface area contributed by atoms with Crippen LogP contribution in [0.15, 0.2) is 12.2 Å². The molecule has 0 aromatic heterocycles. The highest BCUT2D eigenvalue weighted by Crippen LogP contribution is 2.42. The van der Waals surface area contributed by atoms with Crippen molar-refractivity contribution in [1.29, 1.82) is 0 Å². The summed E-state index contributed by atoms with van der Waals surface area (Å²) in [5.74, 6) is 0.767. The zero-order chi connectivity index (χ0) is 12.7. The monoisotopic (exact) mass is 251 g/mol. The van der Waals surface area contributed by atoms with Gasteiger partial charge in [-0.15, -0.1) is 0 Å². The fraction of sp³-hybridized carbons (Fsp3) is 0.875. The van der Waals surface area contributed by atoms with Gasteiger partial charge in [0.1, 0.15) is 0 Å². The number of ether oxygens (including phenoxy) is 1. The Labute approximate surface area is 112 Å². The molecule has 0 radical (unpaired) electrons. The van der Waals surface area contributed by atoms with Crippen molar-refractivity contribution in [1.82, 2.24) is 5.32 Å². The average Bonchev–Trinajstić information content (AvgIpc) is 2.82. The van der Waals surface area contributed by atoms with Gasteiger partial charge in [0.25, 0.3) is 0 Å². The molecule has 2 aliphatic rings. The molecule has 0 bridgehead atoms. The van der Waals surface area contributed by atoms with Crippen LogP contribution in [0.4, 0.5) is 0 Å². The molecule has 104 valence electrons. The van der Waals surface area contributed by atoms with Crippen LogP contribution in [-0.2, 0) is 4.74 Å². The van der Waals surface area contributed by atoms with Crippen LogP contribution in [0, 0.1) is 5.92 Å². The predicted molar refractivity (Wildman–Crippen MR) is 76.8 cm³/mol. The minimum absolute atomic E-state index is 0.272. The second-order valence-electron chi connectivity index (χ2n) is 5.96. The van der Waals surface area contributed by atoms with Crippen molar-refractivity contribution in [2.24, 2.45) is 5.92 Å². The molecule has 2 heteroatoms. The van der Waals surface area contributed by atoms with Crippen LogP contribution < -0.4 is 5.32 Å². The molecule has 1 aliphatic carbocycles. The van der Waals surface area contributed by atoms with Crippen molar-refractivity contribution in [3.63, 3.8) is 0 Å². The molecule has 1 aliphatic heterocycles. The van der Waals surface area contributed by atoms with Gasteiger partial charge in [-0.2, -0.15) is 0 Å². The van der Waals surface area contributed by atoms with Crippen LogP contribution in [0.5, 0.6) is 0 Å². The minimum atomic E-state index is 0.272. The smallest absolute Gasteiger partial charge is 0.0688 e. The third kappa shape index (κ3) is 4.10. The molecule has 0 amide bonds. The van der Waals surface area contributed by atoms with Gasteiger partial charge in [0.2, 0.25) is 0 Å². The molecule has 1 saturated carbocycles. The summed E-state index contributed by atoms with van der Waals surface area (Å²) in [5, 5.41) is 3.45. The summed E-state index contributed by atoms with van der Waals surface area (Å²) in [7, 11) is 0. The van der Waals surface area contributed by atoms with Gasteiger partial charge >= 0.3 is 0 Å². The van der Waals surface area contributed by atoms with Gasteiger partial charge in [-0.3, -0.25) is 0 Å². The fourth-order valence-electron chi connectivity index (χ4n) is 3.37. The van der Waals surface area contributed by atoms with E-state index in [0.717, 1.165) is 25.6 Å². The van der Waals surface area contributed by atoms with E-state index >= 15 is 0 Å². The lowest BCUT2D eigenvalue weighted by Crippen LogP contribution is -2.36. The normalized spacial score (nSPS) is 27.3. The molecule has 1 N–H and O–H groups in total. The van der Waals surface area contributed by atoms with Crippen LogP contribution in [0.2, 0.25) is 0 Å². The van der Waals surface area contributed by atoms with E-state index in [2.05, 4.69) is 24.4 Å². The van der Waals surface area contributed by atoms with Crippen molar-refractivity contribution < 1.29 is 4.74 Å². The van der Waals surface area contributed by atoms with E-state index in [1.807, 2.05) is 0 Å². The third-order valence-electron chi connectivity index (χ3n) is 4.37. The van der Waals surface area contributed by atoms with Crippen molar-refractivity contribution in [2.75, 3.05) is 19.7 Å². The van der Waals surface area contributed by atoms with Crippen LogP contribution in [0.1, 0.15) is 58.3 Å². The Balaban J connectivity index is 1.67. The van der Waals surface area contributed by atoms with E-state index in [4.69, 9.17) is 4.74 Å². The third-order valence-corrected chi connectivity index (χ3v) is 4.37. The minimum Gasteiger partial charge on any atom is -0.375 e. The first-order valence-electron chi connectivity index (χ1n) is 7.86. The van der Waals surface area contributed by atoms with Gasteiger partial charge in [-0.05, 0) is 57.5 Å². The van der Waals surface area contributed by atoms with E-state index in [0.29, 0.717) is 0 Å². The van der Waals surface area contributed by atoms with E-state index in [1.165, 1.54) is 51.4 Å². The topological polar surface area (TPSA) is 21.3 Å². The van der Waals surface area contributed by atoms with Crippen LogP contribution >= 0.6 is 0 Å². The number of nitrogens with one attached hydrogen (secondary N) is 1. The molecule has 0 aromatic carbocycles. The van der Waals surface area contributed by atoms with Crippen molar-refractivity contribution in [2.45, 2.75) is 63.9 Å². The molecule has 18 heavy (non-hydrogen) atoms. The molecule has 2 rings (SSSR count). The lowest BCUT2D eigenvalue weighted by Gasteiger charge is -2.37. The van der Waals surface area contributed by atoms with E-state index < -0.39 is 0 Å². The van der Waals surface area contributed by atoms with Gasteiger partial charge in [0, 0.05) is 6.61 Å². The molecular formula is C16H29NO. The van der Waals surface area contributed by atoms with Crippen LogP contribution in [0.25, 0.3) is 0 Å². The van der Waals surface area contributed by atoms with Gasteiger partial charge < -0.3 is 10.1 Å². The van der Waals surface area contributed by atoms with Crippen molar-refractivity contribution in [3.05, 3.63) is 12.2 Å². The molecule has 2 nitrogen and oxygen atoms in total. The highest BCUT2D eigenvalue weighted by atomic mass is 16.5. The summed E-state index contributed by atoms with van der Waals surface area (Å²) in [6, 6.07) is 0. The molecule has 0 aromatic rings. The second kappa shape index (κ2) is 7.30. The number of hydrogen-bond donors (Lipinski definition) is 1. The average molecular weight is 251 g/mol. The van der Waals surface area contributed by atoms with Gasteiger partial charge in [0.15, 0.2) is 0 Å².